The van der Waals surface area contributed by atoms with Gasteiger partial charge in [-0.15, -0.1) is 22.9 Å². The Bertz CT molecular complexity index is 392. The molecule has 0 aliphatic rings. The van der Waals surface area contributed by atoms with Gasteiger partial charge in [0.25, 0.3) is 0 Å². The molecule has 0 radical (unpaired) electrons. The van der Waals surface area contributed by atoms with Crippen molar-refractivity contribution in [2.75, 3.05) is 12.5 Å². The number of carbonyl (C=O) groups excluding carboxylic acids is 1. The van der Waals surface area contributed by atoms with Gasteiger partial charge in [-0.25, -0.2) is 9.78 Å². The van der Waals surface area contributed by atoms with E-state index in [1.807, 2.05) is 0 Å². The summed E-state index contributed by atoms with van der Waals surface area (Å²) in [6.07, 6.45) is 0.621. The summed E-state index contributed by atoms with van der Waals surface area (Å²) >= 11 is 6.80. The van der Waals surface area contributed by atoms with Gasteiger partial charge in [0.2, 0.25) is 0 Å². The van der Waals surface area contributed by atoms with Gasteiger partial charge in [0, 0.05) is 17.7 Å². The van der Waals surface area contributed by atoms with E-state index in [0.717, 1.165) is 0 Å². The number of hydrogen-bond acceptors (Lipinski definition) is 4. The lowest BCUT2D eigenvalue weighted by Gasteiger charge is -1.95. The Labute approximate surface area is 97.4 Å². The number of nitrogens with zero attached hydrogens (tertiary/aromatic N) is 1. The lowest BCUT2D eigenvalue weighted by atomic mass is 10.4. The molecule has 5 heteroatoms. The minimum atomic E-state index is -0.404. The number of carbonyl (C=O) groups is 1. The maximum Gasteiger partial charge on any atom is 0.357 e. The zero-order chi connectivity index (χ0) is 11.1. The molecule has 1 heterocycles. The van der Waals surface area contributed by atoms with Crippen molar-refractivity contribution in [1.29, 1.82) is 0 Å². The molecule has 0 aliphatic carbocycles. The minimum absolute atomic E-state index is 0.317. The molecule has 0 saturated carbocycles. The van der Waals surface area contributed by atoms with E-state index in [9.17, 15) is 4.79 Å². The number of ether oxygens (including phenoxy) is 1. The van der Waals surface area contributed by atoms with E-state index in [-0.39, 0.29) is 0 Å². The van der Waals surface area contributed by atoms with Crippen LogP contribution < -0.4 is 0 Å². The summed E-state index contributed by atoms with van der Waals surface area (Å²) in [7, 11) is 0. The Morgan fingerprint density at radius 1 is 1.73 bits per heavy atom. The molecule has 0 saturated heterocycles. The Morgan fingerprint density at radius 3 is 3.20 bits per heavy atom. The van der Waals surface area contributed by atoms with Gasteiger partial charge in [0.05, 0.1) is 6.61 Å². The topological polar surface area (TPSA) is 39.2 Å². The minimum Gasteiger partial charge on any atom is -0.461 e. The number of alkyl halides is 1. The molecule has 1 rings (SSSR count). The third kappa shape index (κ3) is 3.90. The van der Waals surface area contributed by atoms with E-state index in [2.05, 4.69) is 16.8 Å². The molecule has 0 N–H and O–H groups in total. The Kier molecular flexibility index (Phi) is 5.16. The van der Waals surface area contributed by atoms with Crippen LogP contribution in [-0.2, 0) is 4.74 Å². The van der Waals surface area contributed by atoms with Crippen LogP contribution >= 0.6 is 22.9 Å². The SMILES string of the molecule is CCOC(=O)c1csc(C#CCCCl)n1. The van der Waals surface area contributed by atoms with Gasteiger partial charge >= 0.3 is 5.97 Å². The number of hydrogen-bond donors (Lipinski definition) is 0. The fourth-order valence-corrected chi connectivity index (χ4v) is 1.56. The normalized spacial score (nSPS) is 9.20. The summed E-state index contributed by atoms with van der Waals surface area (Å²) in [4.78, 5) is 15.3. The number of halogens is 1. The van der Waals surface area contributed by atoms with Crippen LogP contribution in [-0.4, -0.2) is 23.4 Å². The number of aromatic nitrogens is 1. The molecular formula is C10H10ClNO2S. The summed E-state index contributed by atoms with van der Waals surface area (Å²) in [5.41, 5.74) is 0.317. The largest absolute Gasteiger partial charge is 0.461 e. The number of esters is 1. The van der Waals surface area contributed by atoms with E-state index in [4.69, 9.17) is 16.3 Å². The fraction of sp³-hybridized carbons (Fsp3) is 0.400. The molecule has 15 heavy (non-hydrogen) atoms. The second-order valence-electron chi connectivity index (χ2n) is 2.50. The first-order valence-corrected chi connectivity index (χ1v) is 5.86. The van der Waals surface area contributed by atoms with Crippen molar-refractivity contribution in [2.24, 2.45) is 0 Å². The first-order chi connectivity index (χ1) is 7.27. The van der Waals surface area contributed by atoms with Crippen LogP contribution in [0.4, 0.5) is 0 Å². The van der Waals surface area contributed by atoms with Crippen molar-refractivity contribution in [3.05, 3.63) is 16.1 Å². The van der Waals surface area contributed by atoms with E-state index in [0.29, 0.717) is 29.6 Å². The van der Waals surface area contributed by atoms with Gasteiger partial charge in [-0.05, 0) is 12.8 Å². The monoisotopic (exact) mass is 243 g/mol. The predicted octanol–water partition coefficient (Wildman–Crippen LogP) is 2.30. The second-order valence-corrected chi connectivity index (χ2v) is 3.74. The van der Waals surface area contributed by atoms with Crippen molar-refractivity contribution in [3.8, 4) is 11.8 Å². The molecule has 0 atom stereocenters. The van der Waals surface area contributed by atoms with Crippen molar-refractivity contribution in [1.82, 2.24) is 4.98 Å². The lowest BCUT2D eigenvalue weighted by molar-refractivity contribution is 0.0520. The quantitative estimate of drug-likeness (QED) is 0.465. The standard InChI is InChI=1S/C10H10ClNO2S/c1-2-14-10(13)8-7-15-9(12-8)5-3-4-6-11/h7H,2,4,6H2,1H3. The van der Waals surface area contributed by atoms with Crippen LogP contribution in [0.2, 0.25) is 0 Å². The molecule has 0 fully saturated rings. The molecule has 0 amide bonds. The average Bonchev–Trinajstić information content (AvgIpc) is 2.67. The van der Waals surface area contributed by atoms with Crippen LogP contribution in [0.15, 0.2) is 5.38 Å². The molecule has 0 bridgehead atoms. The first-order valence-electron chi connectivity index (χ1n) is 4.45. The van der Waals surface area contributed by atoms with Crippen LogP contribution in [0.1, 0.15) is 28.8 Å². The molecule has 3 nitrogen and oxygen atoms in total. The molecule has 1 aromatic rings. The fourth-order valence-electron chi connectivity index (χ4n) is 0.815. The summed E-state index contributed by atoms with van der Waals surface area (Å²) in [5.74, 6) is 5.78. The van der Waals surface area contributed by atoms with Gasteiger partial charge < -0.3 is 4.74 Å². The molecule has 80 valence electrons. The highest BCUT2D eigenvalue weighted by Gasteiger charge is 2.09. The Morgan fingerprint density at radius 2 is 2.53 bits per heavy atom. The highest BCUT2D eigenvalue weighted by atomic mass is 35.5. The average molecular weight is 244 g/mol. The van der Waals surface area contributed by atoms with Crippen molar-refractivity contribution < 1.29 is 9.53 Å². The number of rotatable bonds is 3. The zero-order valence-electron chi connectivity index (χ0n) is 8.25. The first kappa shape index (κ1) is 12.0. The second kappa shape index (κ2) is 6.44. The summed E-state index contributed by atoms with van der Waals surface area (Å²) in [6.45, 7) is 2.11. The van der Waals surface area contributed by atoms with Crippen LogP contribution in [0.5, 0.6) is 0 Å². The van der Waals surface area contributed by atoms with Gasteiger partial charge in [-0.1, -0.05) is 5.92 Å². The molecular weight excluding hydrogens is 234 g/mol. The smallest absolute Gasteiger partial charge is 0.357 e. The number of thiazole rings is 1. The maximum atomic E-state index is 11.2. The molecule has 0 aliphatic heterocycles. The zero-order valence-corrected chi connectivity index (χ0v) is 9.82. The molecule has 1 aromatic heterocycles. The lowest BCUT2D eigenvalue weighted by Crippen LogP contribution is -2.04. The molecule has 0 aromatic carbocycles. The van der Waals surface area contributed by atoms with Crippen LogP contribution in [0.25, 0.3) is 0 Å². The third-order valence-electron chi connectivity index (χ3n) is 1.40. The van der Waals surface area contributed by atoms with Crippen LogP contribution in [0, 0.1) is 11.8 Å². The summed E-state index contributed by atoms with van der Waals surface area (Å²) < 4.78 is 4.80. The van der Waals surface area contributed by atoms with E-state index in [1.165, 1.54) is 11.3 Å². The summed E-state index contributed by atoms with van der Waals surface area (Å²) in [5, 5.41) is 2.26. The van der Waals surface area contributed by atoms with E-state index in [1.54, 1.807) is 12.3 Å². The van der Waals surface area contributed by atoms with E-state index < -0.39 is 5.97 Å². The van der Waals surface area contributed by atoms with Crippen LogP contribution in [0.3, 0.4) is 0 Å². The van der Waals surface area contributed by atoms with Gasteiger partial charge in [0.15, 0.2) is 10.7 Å². The van der Waals surface area contributed by atoms with Gasteiger partial charge in [0.1, 0.15) is 0 Å². The van der Waals surface area contributed by atoms with Gasteiger partial charge in [-0.3, -0.25) is 0 Å². The maximum absolute atomic E-state index is 11.2. The third-order valence-corrected chi connectivity index (χ3v) is 2.35. The van der Waals surface area contributed by atoms with Crippen molar-refractivity contribution in [3.63, 3.8) is 0 Å². The van der Waals surface area contributed by atoms with E-state index >= 15 is 0 Å². The highest BCUT2D eigenvalue weighted by Crippen LogP contribution is 2.09. The molecule has 0 spiro atoms. The highest BCUT2D eigenvalue weighted by molar-refractivity contribution is 7.10. The summed E-state index contributed by atoms with van der Waals surface area (Å²) in [6, 6.07) is 0. The van der Waals surface area contributed by atoms with Gasteiger partial charge in [-0.2, -0.15) is 0 Å². The Balaban J connectivity index is 2.65. The van der Waals surface area contributed by atoms with Crippen molar-refractivity contribution >= 4 is 28.9 Å². The molecule has 0 unspecified atom stereocenters. The predicted molar refractivity (Wildman–Crippen MR) is 60.3 cm³/mol. The van der Waals surface area contributed by atoms with Crippen molar-refractivity contribution in [2.45, 2.75) is 13.3 Å². The Hall–Kier alpha value is -1.05.